The molecule has 0 aliphatic carbocycles. The van der Waals surface area contributed by atoms with E-state index in [4.69, 9.17) is 11.6 Å². The average molecular weight is 240 g/mol. The third-order valence-electron chi connectivity index (χ3n) is 3.35. The molecule has 0 saturated carbocycles. The van der Waals surface area contributed by atoms with Gasteiger partial charge in [0.25, 0.3) is 0 Å². The Morgan fingerprint density at radius 1 is 1.40 bits per heavy atom. The summed E-state index contributed by atoms with van der Waals surface area (Å²) in [5, 5.41) is 4.50. The minimum Gasteiger partial charge on any atom is -0.310 e. The van der Waals surface area contributed by atoms with Crippen molar-refractivity contribution < 1.29 is 0 Å². The maximum Gasteiger partial charge on any atom is 0.0410 e. The highest BCUT2D eigenvalue weighted by Crippen LogP contribution is 2.43. The molecule has 0 amide bonds. The van der Waals surface area contributed by atoms with Crippen molar-refractivity contribution >= 4 is 23.4 Å². The molecule has 1 fully saturated rings. The molecule has 0 bridgehead atoms. The standard InChI is InChI=1S/C12H14ClNS/c13-9-3-4-11-10(6-9)12-8(7-15-11)2-1-5-14-12/h3-4,6,8,12,14H,1-2,5,7H2. The normalized spacial score (nSPS) is 29.4. The monoisotopic (exact) mass is 239 g/mol. The number of benzene rings is 1. The van der Waals surface area contributed by atoms with Gasteiger partial charge in [0.1, 0.15) is 0 Å². The number of thioether (sulfide) groups is 1. The van der Waals surface area contributed by atoms with Crippen molar-refractivity contribution in [2.24, 2.45) is 5.92 Å². The van der Waals surface area contributed by atoms with Crippen molar-refractivity contribution in [1.82, 2.24) is 5.32 Å². The minimum absolute atomic E-state index is 0.550. The molecular formula is C12H14ClNS. The largest absolute Gasteiger partial charge is 0.310 e. The molecule has 1 aromatic carbocycles. The molecule has 15 heavy (non-hydrogen) atoms. The Labute approximate surface area is 99.6 Å². The van der Waals surface area contributed by atoms with Crippen molar-refractivity contribution in [2.45, 2.75) is 23.8 Å². The summed E-state index contributed by atoms with van der Waals surface area (Å²) in [6.45, 7) is 1.15. The van der Waals surface area contributed by atoms with Gasteiger partial charge in [-0.05, 0) is 49.1 Å². The first kappa shape index (κ1) is 10.0. The van der Waals surface area contributed by atoms with Crippen molar-refractivity contribution in [3.05, 3.63) is 28.8 Å². The fourth-order valence-electron chi connectivity index (χ4n) is 2.59. The molecule has 2 unspecified atom stereocenters. The van der Waals surface area contributed by atoms with E-state index in [2.05, 4.69) is 17.4 Å². The molecule has 3 heteroatoms. The van der Waals surface area contributed by atoms with E-state index in [0.29, 0.717) is 6.04 Å². The van der Waals surface area contributed by atoms with E-state index in [-0.39, 0.29) is 0 Å². The number of halogens is 1. The van der Waals surface area contributed by atoms with Crippen LogP contribution in [0, 0.1) is 5.92 Å². The zero-order chi connectivity index (χ0) is 10.3. The second-order valence-electron chi connectivity index (χ2n) is 4.33. The quantitative estimate of drug-likeness (QED) is 0.744. The van der Waals surface area contributed by atoms with Crippen LogP contribution in [0.25, 0.3) is 0 Å². The SMILES string of the molecule is Clc1ccc2c(c1)C1NCCCC1CS2. The summed E-state index contributed by atoms with van der Waals surface area (Å²) in [5.74, 6) is 2.06. The second-order valence-corrected chi connectivity index (χ2v) is 5.83. The van der Waals surface area contributed by atoms with E-state index in [9.17, 15) is 0 Å². The van der Waals surface area contributed by atoms with Crippen molar-refractivity contribution in [1.29, 1.82) is 0 Å². The zero-order valence-electron chi connectivity index (χ0n) is 8.50. The van der Waals surface area contributed by atoms with Crippen LogP contribution in [-0.4, -0.2) is 12.3 Å². The molecule has 2 heterocycles. The topological polar surface area (TPSA) is 12.0 Å². The van der Waals surface area contributed by atoms with Gasteiger partial charge in [-0.3, -0.25) is 0 Å². The summed E-state index contributed by atoms with van der Waals surface area (Å²) in [5.41, 5.74) is 1.42. The Morgan fingerprint density at radius 3 is 3.27 bits per heavy atom. The molecule has 0 radical (unpaired) electrons. The van der Waals surface area contributed by atoms with Gasteiger partial charge in [0.15, 0.2) is 0 Å². The fraction of sp³-hybridized carbons (Fsp3) is 0.500. The van der Waals surface area contributed by atoms with Gasteiger partial charge in [0, 0.05) is 21.7 Å². The van der Waals surface area contributed by atoms with Crippen LogP contribution in [0.5, 0.6) is 0 Å². The minimum atomic E-state index is 0.550. The summed E-state index contributed by atoms with van der Waals surface area (Å²) in [4.78, 5) is 1.41. The summed E-state index contributed by atoms with van der Waals surface area (Å²) in [6.07, 6.45) is 2.67. The van der Waals surface area contributed by atoms with Gasteiger partial charge in [-0.2, -0.15) is 0 Å². The van der Waals surface area contributed by atoms with E-state index in [1.807, 2.05) is 17.8 Å². The third-order valence-corrected chi connectivity index (χ3v) is 4.86. The van der Waals surface area contributed by atoms with Crippen LogP contribution in [0.4, 0.5) is 0 Å². The Hall–Kier alpha value is -0.180. The number of hydrogen-bond acceptors (Lipinski definition) is 2. The molecule has 1 nitrogen and oxygen atoms in total. The van der Waals surface area contributed by atoms with E-state index < -0.39 is 0 Å². The van der Waals surface area contributed by atoms with E-state index >= 15 is 0 Å². The van der Waals surface area contributed by atoms with Gasteiger partial charge >= 0.3 is 0 Å². The van der Waals surface area contributed by atoms with Crippen LogP contribution in [0.15, 0.2) is 23.1 Å². The molecule has 2 atom stereocenters. The Balaban J connectivity index is 2.01. The number of hydrogen-bond donors (Lipinski definition) is 1. The molecule has 1 saturated heterocycles. The summed E-state index contributed by atoms with van der Waals surface area (Å²) >= 11 is 8.06. The Morgan fingerprint density at radius 2 is 2.33 bits per heavy atom. The Bertz CT molecular complexity index is 380. The summed E-state index contributed by atoms with van der Waals surface area (Å²) in [7, 11) is 0. The predicted molar refractivity (Wildman–Crippen MR) is 65.6 cm³/mol. The van der Waals surface area contributed by atoms with Crippen molar-refractivity contribution in [3.8, 4) is 0 Å². The average Bonchev–Trinajstić information content (AvgIpc) is 2.29. The summed E-state index contributed by atoms with van der Waals surface area (Å²) in [6, 6.07) is 6.85. The lowest BCUT2D eigenvalue weighted by atomic mass is 9.87. The van der Waals surface area contributed by atoms with Crippen LogP contribution in [0.3, 0.4) is 0 Å². The van der Waals surface area contributed by atoms with Gasteiger partial charge < -0.3 is 5.32 Å². The first-order valence-corrected chi connectivity index (χ1v) is 6.86. The van der Waals surface area contributed by atoms with E-state index in [1.165, 1.54) is 29.1 Å². The maximum absolute atomic E-state index is 6.07. The van der Waals surface area contributed by atoms with E-state index in [0.717, 1.165) is 17.5 Å². The van der Waals surface area contributed by atoms with Crippen molar-refractivity contribution in [2.75, 3.05) is 12.3 Å². The number of piperidine rings is 1. The van der Waals surface area contributed by atoms with Gasteiger partial charge in [0.05, 0.1) is 0 Å². The zero-order valence-corrected chi connectivity index (χ0v) is 10.1. The number of nitrogens with one attached hydrogen (secondary N) is 1. The first-order chi connectivity index (χ1) is 7.34. The van der Waals surface area contributed by atoms with Gasteiger partial charge in [-0.25, -0.2) is 0 Å². The second kappa shape index (κ2) is 4.00. The van der Waals surface area contributed by atoms with Crippen LogP contribution < -0.4 is 5.32 Å². The molecule has 0 aromatic heterocycles. The highest BCUT2D eigenvalue weighted by Gasteiger charge is 2.31. The van der Waals surface area contributed by atoms with Crippen LogP contribution in [0.2, 0.25) is 5.02 Å². The molecule has 3 rings (SSSR count). The lowest BCUT2D eigenvalue weighted by Crippen LogP contribution is -2.37. The smallest absolute Gasteiger partial charge is 0.0410 e. The highest BCUT2D eigenvalue weighted by atomic mass is 35.5. The molecule has 2 aliphatic heterocycles. The molecular weight excluding hydrogens is 226 g/mol. The lowest BCUT2D eigenvalue weighted by molar-refractivity contribution is 0.303. The number of rotatable bonds is 0. The van der Waals surface area contributed by atoms with Crippen LogP contribution in [-0.2, 0) is 0 Å². The fourth-order valence-corrected chi connectivity index (χ4v) is 4.04. The van der Waals surface area contributed by atoms with Crippen molar-refractivity contribution in [3.63, 3.8) is 0 Å². The molecule has 1 aromatic rings. The summed E-state index contributed by atoms with van der Waals surface area (Å²) < 4.78 is 0. The van der Waals surface area contributed by atoms with Gasteiger partial charge in [-0.15, -0.1) is 11.8 Å². The lowest BCUT2D eigenvalue weighted by Gasteiger charge is -2.37. The number of fused-ring (bicyclic) bond motifs is 3. The first-order valence-electron chi connectivity index (χ1n) is 5.50. The Kier molecular flexibility index (Phi) is 2.67. The molecule has 80 valence electrons. The highest BCUT2D eigenvalue weighted by molar-refractivity contribution is 7.99. The van der Waals surface area contributed by atoms with Gasteiger partial charge in [-0.1, -0.05) is 11.6 Å². The van der Waals surface area contributed by atoms with Gasteiger partial charge in [0.2, 0.25) is 0 Å². The molecule has 0 spiro atoms. The third kappa shape index (κ3) is 1.79. The van der Waals surface area contributed by atoms with E-state index in [1.54, 1.807) is 0 Å². The van der Waals surface area contributed by atoms with Crippen LogP contribution in [0.1, 0.15) is 24.4 Å². The predicted octanol–water partition coefficient (Wildman–Crippen LogP) is 3.49. The molecule has 1 N–H and O–H groups in total. The van der Waals surface area contributed by atoms with Crippen LogP contribution >= 0.6 is 23.4 Å². The maximum atomic E-state index is 6.07. The molecule has 2 aliphatic rings.